The zero-order valence-corrected chi connectivity index (χ0v) is 16.5. The highest BCUT2D eigenvalue weighted by Gasteiger charge is 2.36. The molecule has 0 unspecified atom stereocenters. The Morgan fingerprint density at radius 2 is 1.81 bits per heavy atom. The van der Waals surface area contributed by atoms with Crippen LogP contribution >= 0.6 is 0 Å². The molecule has 0 atom stereocenters. The molecule has 2 N–H and O–H groups in total. The first-order chi connectivity index (χ1) is 14.8. The zero-order valence-electron chi connectivity index (χ0n) is 16.5. The van der Waals surface area contributed by atoms with Gasteiger partial charge in [-0.3, -0.25) is 9.78 Å². The number of pyridine rings is 1. The van der Waals surface area contributed by atoms with Crippen LogP contribution in [0.1, 0.15) is 41.7 Å². The molecule has 1 amide bonds. The third-order valence-corrected chi connectivity index (χ3v) is 5.36. The van der Waals surface area contributed by atoms with Crippen molar-refractivity contribution >= 4 is 5.91 Å². The molecule has 31 heavy (non-hydrogen) atoms. The largest absolute Gasteiger partial charge is 0.433 e. The topological polar surface area (TPSA) is 80.0 Å². The number of amides is 1. The summed E-state index contributed by atoms with van der Waals surface area (Å²) in [6, 6.07) is 10.1. The van der Waals surface area contributed by atoms with E-state index in [2.05, 4.69) is 15.4 Å². The smallest absolute Gasteiger partial charge is 0.393 e. The summed E-state index contributed by atoms with van der Waals surface area (Å²) in [5.41, 5.74) is 0.259. The van der Waals surface area contributed by atoms with Gasteiger partial charge in [0.15, 0.2) is 0 Å². The van der Waals surface area contributed by atoms with E-state index in [4.69, 9.17) is 0 Å². The van der Waals surface area contributed by atoms with Gasteiger partial charge in [0, 0.05) is 29.6 Å². The van der Waals surface area contributed by atoms with Crippen molar-refractivity contribution in [3.8, 4) is 16.9 Å². The van der Waals surface area contributed by atoms with Gasteiger partial charge in [-0.1, -0.05) is 0 Å². The lowest BCUT2D eigenvalue weighted by atomic mass is 9.93. The SMILES string of the molecule is O=C(N[C@H]1CC[C@H](O)CC1)c1ccc(-n2nc(-c3cccnc3)cc2C(F)(F)F)cc1. The summed E-state index contributed by atoms with van der Waals surface area (Å²) >= 11 is 0. The Morgan fingerprint density at radius 3 is 2.42 bits per heavy atom. The normalized spacial score (nSPS) is 19.2. The number of aliphatic hydroxyl groups is 1. The van der Waals surface area contributed by atoms with E-state index >= 15 is 0 Å². The number of halogens is 3. The molecule has 4 rings (SSSR count). The number of hydrogen-bond donors (Lipinski definition) is 2. The molecule has 3 aromatic rings. The Morgan fingerprint density at radius 1 is 1.10 bits per heavy atom. The monoisotopic (exact) mass is 430 g/mol. The fraction of sp³-hybridized carbons (Fsp3) is 0.318. The summed E-state index contributed by atoms with van der Waals surface area (Å²) in [6.45, 7) is 0. The molecule has 1 aliphatic rings. The minimum atomic E-state index is -4.60. The zero-order chi connectivity index (χ0) is 22.0. The van der Waals surface area contributed by atoms with E-state index in [1.54, 1.807) is 12.1 Å². The Labute approximate surface area is 176 Å². The molecule has 0 saturated heterocycles. The van der Waals surface area contributed by atoms with Gasteiger partial charge in [-0.15, -0.1) is 0 Å². The molecular weight excluding hydrogens is 409 g/mol. The van der Waals surface area contributed by atoms with Crippen molar-refractivity contribution in [3.05, 3.63) is 66.1 Å². The Kier molecular flexibility index (Phi) is 5.77. The van der Waals surface area contributed by atoms with Gasteiger partial charge in [-0.05, 0) is 68.1 Å². The number of carbonyl (C=O) groups excluding carboxylic acids is 1. The average Bonchev–Trinajstić information content (AvgIpc) is 3.22. The van der Waals surface area contributed by atoms with Gasteiger partial charge in [-0.25, -0.2) is 4.68 Å². The van der Waals surface area contributed by atoms with Gasteiger partial charge < -0.3 is 10.4 Å². The van der Waals surface area contributed by atoms with Gasteiger partial charge >= 0.3 is 6.18 Å². The number of rotatable bonds is 4. The number of carbonyl (C=O) groups is 1. The van der Waals surface area contributed by atoms with Crippen LogP contribution in [0.2, 0.25) is 0 Å². The average molecular weight is 430 g/mol. The van der Waals surface area contributed by atoms with Crippen LogP contribution in [0.3, 0.4) is 0 Å². The predicted octanol–water partition coefficient (Wildman–Crippen LogP) is 3.99. The number of nitrogens with one attached hydrogen (secondary N) is 1. The second-order valence-electron chi connectivity index (χ2n) is 7.59. The molecule has 1 aromatic carbocycles. The van der Waals surface area contributed by atoms with Crippen LogP contribution in [-0.2, 0) is 6.18 Å². The van der Waals surface area contributed by atoms with Gasteiger partial charge in [0.05, 0.1) is 17.5 Å². The Balaban J connectivity index is 1.57. The van der Waals surface area contributed by atoms with E-state index in [0.29, 0.717) is 36.8 Å². The molecule has 0 radical (unpaired) electrons. The highest BCUT2D eigenvalue weighted by molar-refractivity contribution is 5.94. The number of aliphatic hydroxyl groups excluding tert-OH is 1. The molecule has 1 saturated carbocycles. The number of aromatic nitrogens is 3. The van der Waals surface area contributed by atoms with E-state index < -0.39 is 11.9 Å². The number of alkyl halides is 3. The van der Waals surface area contributed by atoms with E-state index in [1.807, 2.05) is 0 Å². The maximum absolute atomic E-state index is 13.6. The number of nitrogens with zero attached hydrogens (tertiary/aromatic N) is 3. The molecule has 6 nitrogen and oxygen atoms in total. The van der Waals surface area contributed by atoms with Crippen LogP contribution in [0.25, 0.3) is 16.9 Å². The molecular formula is C22H21F3N4O2. The Bertz CT molecular complexity index is 1040. The summed E-state index contributed by atoms with van der Waals surface area (Å²) in [6.07, 6.45) is 0.741. The van der Waals surface area contributed by atoms with Crippen LogP contribution in [0.5, 0.6) is 0 Å². The lowest BCUT2D eigenvalue weighted by molar-refractivity contribution is -0.142. The molecule has 0 aliphatic heterocycles. The standard InChI is InChI=1S/C22H21F3N4O2/c23-22(24,25)20-12-19(15-2-1-11-26-13-15)28-29(20)17-7-3-14(4-8-17)21(31)27-16-5-9-18(30)10-6-16/h1-4,7-8,11-13,16,18,30H,5-6,9-10H2,(H,27,31)/t16-,18-. The van der Waals surface area contributed by atoms with Crippen LogP contribution in [0.4, 0.5) is 13.2 Å². The first kappa shape index (κ1) is 21.0. The van der Waals surface area contributed by atoms with Crippen molar-refractivity contribution < 1.29 is 23.1 Å². The third kappa shape index (κ3) is 4.77. The maximum Gasteiger partial charge on any atom is 0.433 e. The summed E-state index contributed by atoms with van der Waals surface area (Å²) in [7, 11) is 0. The molecule has 2 aromatic heterocycles. The van der Waals surface area contributed by atoms with Crippen molar-refractivity contribution in [1.29, 1.82) is 0 Å². The molecule has 162 valence electrons. The summed E-state index contributed by atoms with van der Waals surface area (Å²) in [5, 5.41) is 16.6. The predicted molar refractivity (Wildman–Crippen MR) is 108 cm³/mol. The molecule has 0 spiro atoms. The number of hydrogen-bond acceptors (Lipinski definition) is 4. The second kappa shape index (κ2) is 8.50. The second-order valence-corrected chi connectivity index (χ2v) is 7.59. The fourth-order valence-electron chi connectivity index (χ4n) is 3.68. The molecule has 1 fully saturated rings. The lowest BCUT2D eigenvalue weighted by Crippen LogP contribution is -2.38. The number of benzene rings is 1. The van der Waals surface area contributed by atoms with E-state index in [-0.39, 0.29) is 29.4 Å². The summed E-state index contributed by atoms with van der Waals surface area (Å²) in [4.78, 5) is 16.4. The highest BCUT2D eigenvalue weighted by Crippen LogP contribution is 2.34. The van der Waals surface area contributed by atoms with Crippen LogP contribution in [0.15, 0.2) is 54.9 Å². The summed E-state index contributed by atoms with van der Waals surface area (Å²) < 4.78 is 41.6. The van der Waals surface area contributed by atoms with Crippen molar-refractivity contribution in [1.82, 2.24) is 20.1 Å². The first-order valence-electron chi connectivity index (χ1n) is 9.98. The summed E-state index contributed by atoms with van der Waals surface area (Å²) in [5.74, 6) is -0.291. The van der Waals surface area contributed by atoms with Crippen molar-refractivity contribution in [2.75, 3.05) is 0 Å². The molecule has 0 bridgehead atoms. The van der Waals surface area contributed by atoms with E-state index in [0.717, 1.165) is 10.7 Å². The van der Waals surface area contributed by atoms with Crippen molar-refractivity contribution in [2.45, 2.75) is 44.0 Å². The molecule has 1 aliphatic carbocycles. The highest BCUT2D eigenvalue weighted by atomic mass is 19.4. The van der Waals surface area contributed by atoms with Crippen LogP contribution in [-0.4, -0.2) is 37.9 Å². The molecule has 2 heterocycles. The van der Waals surface area contributed by atoms with E-state index in [9.17, 15) is 23.1 Å². The Hall–Kier alpha value is -3.20. The minimum absolute atomic E-state index is 0.0134. The van der Waals surface area contributed by atoms with Crippen molar-refractivity contribution in [2.24, 2.45) is 0 Å². The quantitative estimate of drug-likeness (QED) is 0.656. The first-order valence-corrected chi connectivity index (χ1v) is 9.98. The maximum atomic E-state index is 13.6. The van der Waals surface area contributed by atoms with Gasteiger partial charge in [0.2, 0.25) is 0 Å². The third-order valence-electron chi connectivity index (χ3n) is 5.36. The van der Waals surface area contributed by atoms with Gasteiger partial charge in [-0.2, -0.15) is 18.3 Å². The van der Waals surface area contributed by atoms with Gasteiger partial charge in [0.1, 0.15) is 5.69 Å². The van der Waals surface area contributed by atoms with Crippen LogP contribution < -0.4 is 5.32 Å². The van der Waals surface area contributed by atoms with Crippen molar-refractivity contribution in [3.63, 3.8) is 0 Å². The fourth-order valence-corrected chi connectivity index (χ4v) is 3.68. The minimum Gasteiger partial charge on any atom is -0.393 e. The van der Waals surface area contributed by atoms with Gasteiger partial charge in [0.25, 0.3) is 5.91 Å². The molecule has 9 heteroatoms. The van der Waals surface area contributed by atoms with E-state index in [1.165, 1.54) is 36.7 Å². The lowest BCUT2D eigenvalue weighted by Gasteiger charge is -2.26. The van der Waals surface area contributed by atoms with Crippen LogP contribution in [0, 0.1) is 0 Å².